The fraction of sp³-hybridized carbons (Fsp3) is 0.375. The molecule has 0 bridgehead atoms. The molecule has 1 saturated heterocycles. The van der Waals surface area contributed by atoms with Crippen LogP contribution >= 0.6 is 11.3 Å². The minimum absolute atomic E-state index is 0.162. The average molecular weight is 289 g/mol. The smallest absolute Gasteiger partial charge is 0.119 e. The Kier molecular flexibility index (Phi) is 4.69. The van der Waals surface area contributed by atoms with Crippen molar-refractivity contribution in [3.8, 4) is 5.75 Å². The van der Waals surface area contributed by atoms with Crippen molar-refractivity contribution in [3.05, 3.63) is 52.2 Å². The first-order valence-electron chi connectivity index (χ1n) is 6.96. The van der Waals surface area contributed by atoms with Crippen molar-refractivity contribution in [1.82, 2.24) is 5.32 Å². The van der Waals surface area contributed by atoms with Crippen molar-refractivity contribution in [1.29, 1.82) is 0 Å². The van der Waals surface area contributed by atoms with Gasteiger partial charge in [-0.25, -0.2) is 0 Å². The Morgan fingerprint density at radius 1 is 1.25 bits per heavy atom. The SMILES string of the molecule is c1csc(Cc2ccc(OCC3CNCCO3)cc2)c1. The lowest BCUT2D eigenvalue weighted by molar-refractivity contribution is 0.000193. The highest BCUT2D eigenvalue weighted by Crippen LogP contribution is 2.18. The Labute approximate surface area is 123 Å². The molecule has 1 fully saturated rings. The van der Waals surface area contributed by atoms with Crippen LogP contribution in [0.1, 0.15) is 10.4 Å². The van der Waals surface area contributed by atoms with Gasteiger partial charge in [0.15, 0.2) is 0 Å². The fourth-order valence-corrected chi connectivity index (χ4v) is 2.97. The second-order valence-corrected chi connectivity index (χ2v) is 5.94. The molecule has 4 heteroatoms. The minimum Gasteiger partial charge on any atom is -0.491 e. The molecule has 2 aromatic rings. The van der Waals surface area contributed by atoms with Gasteiger partial charge in [-0.1, -0.05) is 18.2 Å². The predicted octanol–water partition coefficient (Wildman–Crippen LogP) is 2.71. The quantitative estimate of drug-likeness (QED) is 0.918. The minimum atomic E-state index is 0.162. The third kappa shape index (κ3) is 3.82. The number of morpholine rings is 1. The molecule has 3 nitrogen and oxygen atoms in total. The number of hydrogen-bond acceptors (Lipinski definition) is 4. The van der Waals surface area contributed by atoms with E-state index in [1.165, 1.54) is 10.4 Å². The molecule has 0 saturated carbocycles. The molecule has 0 aliphatic carbocycles. The molecule has 0 amide bonds. The van der Waals surface area contributed by atoms with Gasteiger partial charge in [-0.05, 0) is 29.1 Å². The predicted molar refractivity (Wildman–Crippen MR) is 81.7 cm³/mol. The Bertz CT molecular complexity index is 504. The number of rotatable bonds is 5. The molecule has 20 heavy (non-hydrogen) atoms. The Hall–Kier alpha value is -1.36. The third-order valence-electron chi connectivity index (χ3n) is 3.32. The Morgan fingerprint density at radius 2 is 2.15 bits per heavy atom. The molecule has 1 aromatic carbocycles. The van der Waals surface area contributed by atoms with Gasteiger partial charge in [-0.15, -0.1) is 11.3 Å². The Balaban J connectivity index is 1.50. The molecule has 2 heterocycles. The first kappa shape index (κ1) is 13.6. The monoisotopic (exact) mass is 289 g/mol. The van der Waals surface area contributed by atoms with Gasteiger partial charge in [-0.3, -0.25) is 0 Å². The standard InChI is InChI=1S/C16H19NO2S/c1-2-16(20-9-1)10-13-3-5-14(6-4-13)19-12-15-11-17-7-8-18-15/h1-6,9,15,17H,7-8,10-12H2. The average Bonchev–Trinajstić information content (AvgIpc) is 3.01. The maximum Gasteiger partial charge on any atom is 0.119 e. The van der Waals surface area contributed by atoms with E-state index >= 15 is 0 Å². The van der Waals surface area contributed by atoms with E-state index in [2.05, 4.69) is 35.0 Å². The maximum atomic E-state index is 5.77. The summed E-state index contributed by atoms with van der Waals surface area (Å²) in [6, 6.07) is 12.6. The highest BCUT2D eigenvalue weighted by atomic mass is 32.1. The van der Waals surface area contributed by atoms with Crippen LogP contribution in [0.4, 0.5) is 0 Å². The fourth-order valence-electron chi connectivity index (χ4n) is 2.23. The van der Waals surface area contributed by atoms with E-state index in [1.54, 1.807) is 11.3 Å². The van der Waals surface area contributed by atoms with Crippen LogP contribution in [0.2, 0.25) is 0 Å². The van der Waals surface area contributed by atoms with E-state index in [9.17, 15) is 0 Å². The first-order chi connectivity index (χ1) is 9.90. The number of thiophene rings is 1. The van der Waals surface area contributed by atoms with E-state index < -0.39 is 0 Å². The number of nitrogens with one attached hydrogen (secondary N) is 1. The van der Waals surface area contributed by atoms with E-state index in [0.29, 0.717) is 6.61 Å². The van der Waals surface area contributed by atoms with Crippen LogP contribution in [0.3, 0.4) is 0 Å². The lowest BCUT2D eigenvalue weighted by atomic mass is 10.1. The molecule has 1 unspecified atom stereocenters. The molecule has 1 aliphatic heterocycles. The summed E-state index contributed by atoms with van der Waals surface area (Å²) in [4.78, 5) is 1.39. The summed E-state index contributed by atoms with van der Waals surface area (Å²) in [6.07, 6.45) is 1.16. The van der Waals surface area contributed by atoms with Gasteiger partial charge >= 0.3 is 0 Å². The highest BCUT2D eigenvalue weighted by molar-refractivity contribution is 7.09. The van der Waals surface area contributed by atoms with Crippen molar-refractivity contribution in [2.75, 3.05) is 26.3 Å². The zero-order valence-electron chi connectivity index (χ0n) is 11.4. The van der Waals surface area contributed by atoms with Crippen molar-refractivity contribution < 1.29 is 9.47 Å². The summed E-state index contributed by atoms with van der Waals surface area (Å²) in [5.74, 6) is 0.911. The Morgan fingerprint density at radius 3 is 2.85 bits per heavy atom. The van der Waals surface area contributed by atoms with Crippen LogP contribution in [0.25, 0.3) is 0 Å². The van der Waals surface area contributed by atoms with Gasteiger partial charge in [0.05, 0.1) is 6.61 Å². The number of hydrogen-bond donors (Lipinski definition) is 1. The second-order valence-electron chi connectivity index (χ2n) is 4.91. The van der Waals surface area contributed by atoms with Gasteiger partial charge in [0.25, 0.3) is 0 Å². The van der Waals surface area contributed by atoms with Crippen LogP contribution in [0.15, 0.2) is 41.8 Å². The first-order valence-corrected chi connectivity index (χ1v) is 7.84. The van der Waals surface area contributed by atoms with Crippen LogP contribution in [0, 0.1) is 0 Å². The third-order valence-corrected chi connectivity index (χ3v) is 4.20. The van der Waals surface area contributed by atoms with Gasteiger partial charge in [-0.2, -0.15) is 0 Å². The number of benzene rings is 1. The molecular weight excluding hydrogens is 270 g/mol. The largest absolute Gasteiger partial charge is 0.491 e. The molecule has 1 aromatic heterocycles. The summed E-state index contributed by atoms with van der Waals surface area (Å²) in [7, 11) is 0. The van der Waals surface area contributed by atoms with Crippen molar-refractivity contribution in [3.63, 3.8) is 0 Å². The summed E-state index contributed by atoms with van der Waals surface area (Å²) >= 11 is 1.80. The van der Waals surface area contributed by atoms with Gasteiger partial charge in [0.2, 0.25) is 0 Å². The zero-order chi connectivity index (χ0) is 13.6. The zero-order valence-corrected chi connectivity index (χ0v) is 12.2. The van der Waals surface area contributed by atoms with Crippen molar-refractivity contribution in [2.45, 2.75) is 12.5 Å². The van der Waals surface area contributed by atoms with Gasteiger partial charge in [0.1, 0.15) is 18.5 Å². The van der Waals surface area contributed by atoms with Gasteiger partial charge < -0.3 is 14.8 Å². The molecule has 0 radical (unpaired) electrons. The molecule has 3 rings (SSSR count). The van der Waals surface area contributed by atoms with Crippen LogP contribution in [0.5, 0.6) is 5.75 Å². The van der Waals surface area contributed by atoms with Crippen molar-refractivity contribution >= 4 is 11.3 Å². The summed E-state index contributed by atoms with van der Waals surface area (Å²) in [5, 5.41) is 5.42. The lowest BCUT2D eigenvalue weighted by Crippen LogP contribution is -2.41. The van der Waals surface area contributed by atoms with Crippen LogP contribution in [-0.4, -0.2) is 32.4 Å². The molecule has 1 N–H and O–H groups in total. The molecular formula is C16H19NO2S. The number of ether oxygens (including phenoxy) is 2. The van der Waals surface area contributed by atoms with E-state index in [-0.39, 0.29) is 6.10 Å². The summed E-state index contributed by atoms with van der Waals surface area (Å²) < 4.78 is 11.4. The highest BCUT2D eigenvalue weighted by Gasteiger charge is 2.13. The molecule has 0 spiro atoms. The lowest BCUT2D eigenvalue weighted by Gasteiger charge is -2.23. The van der Waals surface area contributed by atoms with Crippen LogP contribution < -0.4 is 10.1 Å². The molecule has 106 valence electrons. The van der Waals surface area contributed by atoms with Gasteiger partial charge in [0, 0.05) is 24.4 Å². The molecule has 1 atom stereocenters. The van der Waals surface area contributed by atoms with E-state index in [4.69, 9.17) is 9.47 Å². The van der Waals surface area contributed by atoms with E-state index in [0.717, 1.165) is 31.9 Å². The van der Waals surface area contributed by atoms with E-state index in [1.807, 2.05) is 12.1 Å². The van der Waals surface area contributed by atoms with Crippen molar-refractivity contribution in [2.24, 2.45) is 0 Å². The summed E-state index contributed by atoms with van der Waals surface area (Å²) in [6.45, 7) is 3.19. The van der Waals surface area contributed by atoms with Crippen LogP contribution in [-0.2, 0) is 11.2 Å². The maximum absolute atomic E-state index is 5.77. The second kappa shape index (κ2) is 6.88. The summed E-state index contributed by atoms with van der Waals surface area (Å²) in [5.41, 5.74) is 1.32. The topological polar surface area (TPSA) is 30.5 Å². The molecule has 1 aliphatic rings. The normalized spacial score (nSPS) is 18.9.